The van der Waals surface area contributed by atoms with Crippen molar-refractivity contribution in [2.75, 3.05) is 7.11 Å². The van der Waals surface area contributed by atoms with Crippen molar-refractivity contribution in [3.63, 3.8) is 0 Å². The van der Waals surface area contributed by atoms with E-state index in [-0.39, 0.29) is 28.6 Å². The number of ether oxygens (including phenoxy) is 1. The minimum Gasteiger partial charge on any atom is -0.495 e. The summed E-state index contributed by atoms with van der Waals surface area (Å²) >= 11 is 0. The van der Waals surface area contributed by atoms with Crippen LogP contribution < -0.4 is 9.46 Å². The van der Waals surface area contributed by atoms with Crippen molar-refractivity contribution in [3.05, 3.63) is 59.7 Å². The zero-order valence-corrected chi connectivity index (χ0v) is 17.8. The van der Waals surface area contributed by atoms with Gasteiger partial charge in [-0.05, 0) is 51.5 Å². The van der Waals surface area contributed by atoms with Crippen LogP contribution in [0.1, 0.15) is 43.6 Å². The van der Waals surface area contributed by atoms with Crippen molar-refractivity contribution in [1.29, 1.82) is 0 Å². The molecule has 0 aliphatic carbocycles. The molecular weight excluding hydrogens is 376 g/mol. The van der Waals surface area contributed by atoms with E-state index < -0.39 is 10.0 Å². The quantitative estimate of drug-likeness (QED) is 0.731. The molecule has 0 aliphatic heterocycles. The van der Waals surface area contributed by atoms with Gasteiger partial charge in [0.25, 0.3) is 5.91 Å². The Labute approximate surface area is 167 Å². The third-order valence-electron chi connectivity index (χ3n) is 4.17. The second-order valence-electron chi connectivity index (χ2n) is 7.15. The van der Waals surface area contributed by atoms with Gasteiger partial charge in [0, 0.05) is 24.2 Å². The average Bonchev–Trinajstić information content (AvgIpc) is 2.64. The van der Waals surface area contributed by atoms with Crippen LogP contribution in [-0.4, -0.2) is 38.4 Å². The predicted octanol–water partition coefficient (Wildman–Crippen LogP) is 3.43. The molecule has 152 valence electrons. The van der Waals surface area contributed by atoms with Crippen molar-refractivity contribution in [1.82, 2.24) is 9.62 Å². The zero-order chi connectivity index (χ0) is 20.9. The van der Waals surface area contributed by atoms with E-state index in [1.165, 1.54) is 19.2 Å². The number of sulfonamides is 1. The van der Waals surface area contributed by atoms with Crippen LogP contribution in [0.5, 0.6) is 5.75 Å². The van der Waals surface area contributed by atoms with Crippen molar-refractivity contribution >= 4 is 15.9 Å². The second kappa shape index (κ2) is 9.21. The fourth-order valence-corrected chi connectivity index (χ4v) is 4.27. The lowest BCUT2D eigenvalue weighted by Gasteiger charge is -2.27. The van der Waals surface area contributed by atoms with E-state index in [9.17, 15) is 13.2 Å². The van der Waals surface area contributed by atoms with E-state index in [1.807, 2.05) is 44.2 Å². The molecule has 0 atom stereocenters. The highest BCUT2D eigenvalue weighted by molar-refractivity contribution is 7.89. The maximum Gasteiger partial charge on any atom is 0.254 e. The summed E-state index contributed by atoms with van der Waals surface area (Å²) in [4.78, 5) is 14.8. The standard InChI is InChI=1S/C21H28N2O4S/c1-15(2)22-28(25,26)20-13-18(11-12-19(20)27-5)21(24)23(16(3)4)14-17-9-7-6-8-10-17/h6-13,15-16,22H,14H2,1-5H3. The van der Waals surface area contributed by atoms with Gasteiger partial charge in [0.05, 0.1) is 7.11 Å². The molecule has 0 saturated carbocycles. The Bertz CT molecular complexity index is 909. The van der Waals surface area contributed by atoms with Gasteiger partial charge >= 0.3 is 0 Å². The van der Waals surface area contributed by atoms with E-state index in [2.05, 4.69) is 4.72 Å². The number of benzene rings is 2. The van der Waals surface area contributed by atoms with Crippen molar-refractivity contribution in [2.45, 2.75) is 51.2 Å². The Kier molecular flexibility index (Phi) is 7.21. The van der Waals surface area contributed by atoms with E-state index in [1.54, 1.807) is 24.8 Å². The molecule has 0 aliphatic rings. The third-order valence-corrected chi connectivity index (χ3v) is 5.85. The van der Waals surface area contributed by atoms with Crippen molar-refractivity contribution < 1.29 is 17.9 Å². The molecule has 0 spiro atoms. The highest BCUT2D eigenvalue weighted by Crippen LogP contribution is 2.26. The summed E-state index contributed by atoms with van der Waals surface area (Å²) in [6.45, 7) is 7.78. The minimum atomic E-state index is -3.81. The number of hydrogen-bond donors (Lipinski definition) is 1. The van der Waals surface area contributed by atoms with E-state index in [4.69, 9.17) is 4.74 Å². The van der Waals surface area contributed by atoms with E-state index in [0.29, 0.717) is 12.1 Å². The first-order valence-corrected chi connectivity index (χ1v) is 10.7. The maximum atomic E-state index is 13.2. The Morgan fingerprint density at radius 3 is 2.25 bits per heavy atom. The first-order chi connectivity index (χ1) is 13.2. The van der Waals surface area contributed by atoms with Gasteiger partial charge in [-0.3, -0.25) is 4.79 Å². The van der Waals surface area contributed by atoms with Crippen LogP contribution >= 0.6 is 0 Å². The molecule has 0 unspecified atom stereocenters. The predicted molar refractivity (Wildman–Crippen MR) is 110 cm³/mol. The summed E-state index contributed by atoms with van der Waals surface area (Å²) in [5.74, 6) is -0.0358. The van der Waals surface area contributed by atoms with Crippen LogP contribution in [0.25, 0.3) is 0 Å². The summed E-state index contributed by atoms with van der Waals surface area (Å²) < 4.78 is 33.1. The number of carbonyl (C=O) groups excluding carboxylic acids is 1. The Hall–Kier alpha value is -2.38. The number of nitrogens with zero attached hydrogens (tertiary/aromatic N) is 1. The van der Waals surface area contributed by atoms with Crippen LogP contribution in [0.3, 0.4) is 0 Å². The molecule has 0 radical (unpaired) electrons. The summed E-state index contributed by atoms with van der Waals surface area (Å²) in [7, 11) is -2.41. The van der Waals surface area contributed by atoms with Gasteiger partial charge in [-0.15, -0.1) is 0 Å². The van der Waals surface area contributed by atoms with Crippen molar-refractivity contribution in [3.8, 4) is 5.75 Å². The number of amides is 1. The van der Waals surface area contributed by atoms with Gasteiger partial charge < -0.3 is 9.64 Å². The number of rotatable bonds is 8. The van der Waals surface area contributed by atoms with Gasteiger partial charge in [-0.2, -0.15) is 0 Å². The lowest BCUT2D eigenvalue weighted by atomic mass is 10.1. The van der Waals surface area contributed by atoms with Gasteiger partial charge in [0.2, 0.25) is 10.0 Å². The smallest absolute Gasteiger partial charge is 0.254 e. The van der Waals surface area contributed by atoms with E-state index >= 15 is 0 Å². The first-order valence-electron chi connectivity index (χ1n) is 9.21. The lowest BCUT2D eigenvalue weighted by molar-refractivity contribution is 0.0690. The van der Waals surface area contributed by atoms with Gasteiger partial charge in [0.1, 0.15) is 10.6 Å². The monoisotopic (exact) mass is 404 g/mol. The Morgan fingerprint density at radius 2 is 1.71 bits per heavy atom. The highest BCUT2D eigenvalue weighted by Gasteiger charge is 2.25. The number of carbonyl (C=O) groups is 1. The third kappa shape index (κ3) is 5.33. The maximum absolute atomic E-state index is 13.2. The number of methoxy groups -OCH3 is 1. The topological polar surface area (TPSA) is 75.7 Å². The van der Waals surface area contributed by atoms with E-state index in [0.717, 1.165) is 5.56 Å². The molecule has 2 aromatic carbocycles. The summed E-state index contributed by atoms with van der Waals surface area (Å²) in [6, 6.07) is 13.8. The van der Waals surface area contributed by atoms with Crippen molar-refractivity contribution in [2.24, 2.45) is 0 Å². The number of hydrogen-bond acceptors (Lipinski definition) is 4. The highest BCUT2D eigenvalue weighted by atomic mass is 32.2. The zero-order valence-electron chi connectivity index (χ0n) is 17.0. The van der Waals surface area contributed by atoms with Crippen LogP contribution in [0.4, 0.5) is 0 Å². The normalized spacial score (nSPS) is 11.7. The lowest BCUT2D eigenvalue weighted by Crippen LogP contribution is -2.36. The molecule has 1 N–H and O–H groups in total. The molecule has 2 rings (SSSR count). The van der Waals surface area contributed by atoms with Crippen LogP contribution in [0, 0.1) is 0 Å². The summed E-state index contributed by atoms with van der Waals surface area (Å²) in [6.07, 6.45) is 0. The van der Waals surface area contributed by atoms with Crippen LogP contribution in [-0.2, 0) is 16.6 Å². The Balaban J connectivity index is 2.42. The van der Waals surface area contributed by atoms with Gasteiger partial charge in [-0.1, -0.05) is 30.3 Å². The summed E-state index contributed by atoms with van der Waals surface area (Å²) in [5, 5.41) is 0. The molecule has 7 heteroatoms. The SMILES string of the molecule is COc1ccc(C(=O)N(Cc2ccccc2)C(C)C)cc1S(=O)(=O)NC(C)C. The van der Waals surface area contributed by atoms with Crippen LogP contribution in [0.2, 0.25) is 0 Å². The molecule has 0 aromatic heterocycles. The minimum absolute atomic E-state index is 0.0435. The van der Waals surface area contributed by atoms with Crippen LogP contribution in [0.15, 0.2) is 53.4 Å². The van der Waals surface area contributed by atoms with Gasteiger partial charge in [-0.25, -0.2) is 13.1 Å². The second-order valence-corrected chi connectivity index (χ2v) is 8.84. The Morgan fingerprint density at radius 1 is 1.07 bits per heavy atom. The molecule has 6 nitrogen and oxygen atoms in total. The largest absolute Gasteiger partial charge is 0.495 e. The summed E-state index contributed by atoms with van der Waals surface area (Å²) in [5.41, 5.74) is 1.31. The first kappa shape index (κ1) is 21.9. The number of nitrogens with one attached hydrogen (secondary N) is 1. The van der Waals surface area contributed by atoms with Gasteiger partial charge in [0.15, 0.2) is 0 Å². The molecule has 2 aromatic rings. The molecule has 0 heterocycles. The molecule has 28 heavy (non-hydrogen) atoms. The molecule has 1 amide bonds. The molecule has 0 bridgehead atoms. The molecule has 0 saturated heterocycles. The molecule has 0 fully saturated rings. The average molecular weight is 405 g/mol. The fraction of sp³-hybridized carbons (Fsp3) is 0.381. The molecular formula is C21H28N2O4S. The fourth-order valence-electron chi connectivity index (χ4n) is 2.83.